The lowest BCUT2D eigenvalue weighted by Crippen LogP contribution is -2.58. The van der Waals surface area contributed by atoms with E-state index in [9.17, 15) is 64.8 Å². The number of aliphatic hydroxyl groups is 7. The van der Waals surface area contributed by atoms with E-state index in [1.54, 1.807) is 19.9 Å². The summed E-state index contributed by atoms with van der Waals surface area (Å²) in [5.41, 5.74) is -3.27. The summed E-state index contributed by atoms with van der Waals surface area (Å²) in [5.74, 6) is -10.3. The fourth-order valence-corrected chi connectivity index (χ4v) is 7.25. The standard InChI is InChI=1S/C40H53NO16/c1-14-10-9-11-15(2)38(53)41-22-13-23(43)25-26(34(22)50)32(48)20(7)37(57-40-36(52)35(51)33(49)21(8)55-40)27(25)39(54)56-24(12-16(3)42)31(47)19(6)30(46)18(5)29(45)17(4)28(14)44/h9-11,13-14,17-19,21,24,28-31,33,35-36,40,44-49,51-52H,12H2,1-8H3,(H,41,53)/b10-9+,15-11+/t14-,17+,18+,19-,21-,24-,28-,29+,30-,31+,33-,35+,36+,40-/m0/s1. The highest BCUT2D eigenvalue weighted by molar-refractivity contribution is 6.29. The van der Waals surface area contributed by atoms with Crippen LogP contribution in [0.4, 0.5) is 0 Å². The third-order valence-corrected chi connectivity index (χ3v) is 11.2. The molecule has 4 bridgehead atoms. The van der Waals surface area contributed by atoms with Crippen LogP contribution in [0.5, 0.6) is 11.5 Å². The van der Waals surface area contributed by atoms with E-state index in [0.29, 0.717) is 6.08 Å². The number of allylic oxidation sites excluding steroid dienone is 4. The van der Waals surface area contributed by atoms with Crippen LogP contribution in [-0.2, 0) is 19.1 Å². The topological polar surface area (TPSA) is 287 Å². The fraction of sp³-hybridized carbons (Fsp3) is 0.575. The molecule has 4 aliphatic rings. The van der Waals surface area contributed by atoms with Crippen molar-refractivity contribution < 1.29 is 79.0 Å². The minimum Gasteiger partial charge on any atom is -0.507 e. The molecule has 57 heavy (non-hydrogen) atoms. The maximum absolute atomic E-state index is 14.4. The van der Waals surface area contributed by atoms with Crippen LogP contribution in [0.25, 0.3) is 0 Å². The zero-order valence-corrected chi connectivity index (χ0v) is 32.9. The molecule has 0 aromatic heterocycles. The van der Waals surface area contributed by atoms with Gasteiger partial charge in [-0.05, 0) is 27.7 Å². The second-order valence-electron chi connectivity index (χ2n) is 15.4. The lowest BCUT2D eigenvalue weighted by atomic mass is 9.77. The Bertz CT molecular complexity index is 1850. The van der Waals surface area contributed by atoms with Gasteiger partial charge in [0.05, 0.1) is 47.3 Å². The number of ketones is 3. The first kappa shape index (κ1) is 45.4. The van der Waals surface area contributed by atoms with Crippen molar-refractivity contribution in [2.24, 2.45) is 23.7 Å². The van der Waals surface area contributed by atoms with Gasteiger partial charge in [0.1, 0.15) is 47.3 Å². The minimum atomic E-state index is -1.96. The van der Waals surface area contributed by atoms with Gasteiger partial charge in [-0.15, -0.1) is 0 Å². The Labute approximate surface area is 329 Å². The van der Waals surface area contributed by atoms with Gasteiger partial charge in [0, 0.05) is 47.3 Å². The average molecular weight is 804 g/mol. The van der Waals surface area contributed by atoms with E-state index in [2.05, 4.69) is 5.32 Å². The summed E-state index contributed by atoms with van der Waals surface area (Å²) in [6.45, 7) is 11.1. The molecule has 14 atom stereocenters. The first-order valence-corrected chi connectivity index (χ1v) is 18.7. The molecule has 1 saturated heterocycles. The van der Waals surface area contributed by atoms with Crippen LogP contribution in [0.2, 0.25) is 0 Å². The summed E-state index contributed by atoms with van der Waals surface area (Å²) < 4.78 is 17.1. The Balaban J connectivity index is 1.95. The number of benzene rings is 1. The van der Waals surface area contributed by atoms with Crippen LogP contribution < -0.4 is 10.1 Å². The zero-order valence-electron chi connectivity index (χ0n) is 32.9. The van der Waals surface area contributed by atoms with Crippen molar-refractivity contribution in [2.45, 2.75) is 123 Å². The van der Waals surface area contributed by atoms with Crippen molar-refractivity contribution in [2.75, 3.05) is 0 Å². The zero-order chi connectivity index (χ0) is 43.0. The summed E-state index contributed by atoms with van der Waals surface area (Å²) in [5, 5.41) is 90.5. The largest absolute Gasteiger partial charge is 0.507 e. The third kappa shape index (κ3) is 9.21. The highest BCUT2D eigenvalue weighted by Gasteiger charge is 2.46. The Morgan fingerprint density at radius 2 is 1.35 bits per heavy atom. The summed E-state index contributed by atoms with van der Waals surface area (Å²) in [6, 6.07) is 0. The van der Waals surface area contributed by atoms with Crippen molar-refractivity contribution in [1.29, 1.82) is 0 Å². The molecule has 314 valence electrons. The lowest BCUT2D eigenvalue weighted by molar-refractivity contribution is -0.268. The van der Waals surface area contributed by atoms with Crippen LogP contribution in [0.1, 0.15) is 91.5 Å². The van der Waals surface area contributed by atoms with Crippen molar-refractivity contribution in [3.05, 3.63) is 57.8 Å². The molecule has 1 aliphatic carbocycles. The molecule has 0 unspecified atom stereocenters. The molecular formula is C40H53NO16. The van der Waals surface area contributed by atoms with E-state index in [1.165, 1.54) is 46.8 Å². The van der Waals surface area contributed by atoms with E-state index in [1.807, 2.05) is 0 Å². The van der Waals surface area contributed by atoms with Gasteiger partial charge in [-0.2, -0.15) is 0 Å². The Kier molecular flexibility index (Phi) is 14.4. The number of hydrogen-bond donors (Lipinski definition) is 9. The number of Topliss-reactive ketones (excluding diaryl/α,β-unsaturated/α-hetero) is 2. The van der Waals surface area contributed by atoms with E-state index < -0.39 is 154 Å². The molecule has 3 heterocycles. The van der Waals surface area contributed by atoms with Gasteiger partial charge in [-0.1, -0.05) is 45.9 Å². The molecule has 0 radical (unpaired) electrons. The van der Waals surface area contributed by atoms with Gasteiger partial charge in [0.25, 0.3) is 5.91 Å². The summed E-state index contributed by atoms with van der Waals surface area (Å²) >= 11 is 0. The highest BCUT2D eigenvalue weighted by atomic mass is 16.7. The lowest BCUT2D eigenvalue weighted by Gasteiger charge is -2.39. The third-order valence-electron chi connectivity index (χ3n) is 11.2. The smallest absolute Gasteiger partial charge is 0.343 e. The van der Waals surface area contributed by atoms with Gasteiger partial charge in [-0.25, -0.2) is 4.79 Å². The highest BCUT2D eigenvalue weighted by Crippen LogP contribution is 2.43. The van der Waals surface area contributed by atoms with Crippen molar-refractivity contribution >= 4 is 29.2 Å². The van der Waals surface area contributed by atoms with Crippen LogP contribution in [0.15, 0.2) is 35.6 Å². The molecule has 1 fully saturated rings. The molecule has 17 heteroatoms. The number of nitrogens with one attached hydrogen (secondary N) is 1. The van der Waals surface area contributed by atoms with Crippen molar-refractivity contribution in [3.8, 4) is 11.5 Å². The van der Waals surface area contributed by atoms with Crippen LogP contribution in [0, 0.1) is 30.6 Å². The second-order valence-corrected chi connectivity index (χ2v) is 15.4. The first-order valence-electron chi connectivity index (χ1n) is 18.7. The molecule has 1 amide bonds. The molecule has 3 aliphatic heterocycles. The first-order chi connectivity index (χ1) is 26.5. The number of phenolic OH excluding ortho intramolecular Hbond substituents is 1. The molecule has 1 aromatic rings. The monoisotopic (exact) mass is 803 g/mol. The predicted octanol–water partition coefficient (Wildman–Crippen LogP) is 0.295. The van der Waals surface area contributed by atoms with E-state index in [0.717, 1.165) is 6.92 Å². The maximum atomic E-state index is 14.4. The molecule has 1 aromatic carbocycles. The molecule has 17 nitrogen and oxygen atoms in total. The number of rotatable bonds is 4. The average Bonchev–Trinajstić information content (AvgIpc) is 3.16. The molecule has 5 rings (SSSR count). The number of hydrogen-bond acceptors (Lipinski definition) is 16. The van der Waals surface area contributed by atoms with Gasteiger partial charge in [0.15, 0.2) is 5.78 Å². The second kappa shape index (κ2) is 18.1. The van der Waals surface area contributed by atoms with Gasteiger partial charge in [-0.3, -0.25) is 19.2 Å². The quantitative estimate of drug-likeness (QED) is 0.185. The summed E-state index contributed by atoms with van der Waals surface area (Å²) in [6.07, 6.45) is -11.4. The number of aliphatic hydroxyl groups excluding tert-OH is 7. The number of amides is 1. The maximum Gasteiger partial charge on any atom is 0.343 e. The van der Waals surface area contributed by atoms with Gasteiger partial charge >= 0.3 is 5.97 Å². The van der Waals surface area contributed by atoms with E-state index in [-0.39, 0.29) is 11.1 Å². The Morgan fingerprint density at radius 3 is 1.95 bits per heavy atom. The molecule has 0 spiro atoms. The molecule has 0 saturated carbocycles. The number of fused-ring (bicyclic) bond motifs is 15. The summed E-state index contributed by atoms with van der Waals surface area (Å²) in [7, 11) is 0. The number of phenols is 1. The van der Waals surface area contributed by atoms with E-state index >= 15 is 0 Å². The van der Waals surface area contributed by atoms with Crippen molar-refractivity contribution in [1.82, 2.24) is 5.32 Å². The van der Waals surface area contributed by atoms with Crippen molar-refractivity contribution in [3.63, 3.8) is 0 Å². The minimum absolute atomic E-state index is 0.0527. The number of esters is 1. The Morgan fingerprint density at radius 1 is 0.772 bits per heavy atom. The SMILES string of the molecule is CC(=O)C[C@@H]1OC(=O)c2c(O[C@@H]3O[C@@H](C)[C@H](O)[C@@H](O)[C@H]3O)c(C)c(O)c3c2C(=O)C=C(NC(=O)/C(C)=C/C=C/[C@H](C)[C@H](O)[C@@H](C)[C@@H](O)[C@@H](C)[C@H](O)[C@H](C)[C@H]1O)C3=O. The normalized spacial score (nSPS) is 37.5. The fourth-order valence-electron chi connectivity index (χ4n) is 7.25. The van der Waals surface area contributed by atoms with Gasteiger partial charge < -0.3 is 60.4 Å². The molecular weight excluding hydrogens is 750 g/mol. The molecule has 9 N–H and O–H groups in total. The Hall–Kier alpha value is -4.33. The number of aromatic hydroxyl groups is 1. The van der Waals surface area contributed by atoms with Crippen LogP contribution in [-0.4, -0.2) is 131 Å². The number of carbonyl (C=O) groups is 5. The number of carbonyl (C=O) groups excluding carboxylic acids is 5. The summed E-state index contributed by atoms with van der Waals surface area (Å²) in [4.78, 5) is 68.1. The van der Waals surface area contributed by atoms with Crippen LogP contribution in [0.3, 0.4) is 0 Å². The number of ether oxygens (including phenoxy) is 3. The van der Waals surface area contributed by atoms with Crippen LogP contribution >= 0.6 is 0 Å². The van der Waals surface area contributed by atoms with E-state index in [4.69, 9.17) is 14.2 Å². The predicted molar refractivity (Wildman–Crippen MR) is 199 cm³/mol. The van der Waals surface area contributed by atoms with Gasteiger partial charge in [0.2, 0.25) is 12.1 Å².